The number of hydrogen-bond acceptors (Lipinski definition) is 2. The molecule has 20 heavy (non-hydrogen) atoms. The molecule has 0 aromatic heterocycles. The van der Waals surface area contributed by atoms with Crippen molar-refractivity contribution in [3.05, 3.63) is 70.8 Å². The van der Waals surface area contributed by atoms with Crippen LogP contribution in [0.25, 0.3) is 12.2 Å². The molecule has 0 aliphatic carbocycles. The van der Waals surface area contributed by atoms with Gasteiger partial charge in [-0.15, -0.1) is 0 Å². The molecule has 2 aromatic rings. The van der Waals surface area contributed by atoms with Crippen LogP contribution in [0.4, 0.5) is 0 Å². The zero-order valence-corrected chi connectivity index (χ0v) is 11.5. The summed E-state index contributed by atoms with van der Waals surface area (Å²) >= 11 is 0. The number of aliphatic hydroxyl groups is 2. The topological polar surface area (TPSA) is 40.5 Å². The lowest BCUT2D eigenvalue weighted by molar-refractivity contribution is 0.293. The Morgan fingerprint density at radius 1 is 0.750 bits per heavy atom. The molecule has 0 aliphatic rings. The van der Waals surface area contributed by atoms with Crippen molar-refractivity contribution in [1.82, 2.24) is 0 Å². The Kier molecular flexibility index (Phi) is 5.54. The zero-order chi connectivity index (χ0) is 14.2. The summed E-state index contributed by atoms with van der Waals surface area (Å²) in [6, 6.07) is 16.2. The molecular formula is C18H20O2. The van der Waals surface area contributed by atoms with Crippen molar-refractivity contribution in [1.29, 1.82) is 0 Å². The molecule has 0 saturated carbocycles. The van der Waals surface area contributed by atoms with E-state index in [4.69, 9.17) is 5.11 Å². The fourth-order valence-electron chi connectivity index (χ4n) is 2.33. The van der Waals surface area contributed by atoms with Gasteiger partial charge in [0.05, 0.1) is 0 Å². The molecular weight excluding hydrogens is 248 g/mol. The van der Waals surface area contributed by atoms with Gasteiger partial charge in [0, 0.05) is 13.2 Å². The summed E-state index contributed by atoms with van der Waals surface area (Å²) in [5.41, 5.74) is 4.48. The summed E-state index contributed by atoms with van der Waals surface area (Å²) in [6.45, 7) is 0.249. The van der Waals surface area contributed by atoms with E-state index in [0.29, 0.717) is 12.8 Å². The van der Waals surface area contributed by atoms with E-state index in [1.54, 1.807) is 0 Å². The highest BCUT2D eigenvalue weighted by Crippen LogP contribution is 2.19. The zero-order valence-electron chi connectivity index (χ0n) is 11.5. The molecule has 0 saturated heterocycles. The third-order valence-corrected chi connectivity index (χ3v) is 3.31. The summed E-state index contributed by atoms with van der Waals surface area (Å²) in [5, 5.41) is 18.4. The lowest BCUT2D eigenvalue weighted by Crippen LogP contribution is -2.02. The average molecular weight is 268 g/mol. The largest absolute Gasteiger partial charge is 0.396 e. The number of benzene rings is 2. The molecule has 2 N–H and O–H groups in total. The summed E-state index contributed by atoms with van der Waals surface area (Å²) < 4.78 is 0. The van der Waals surface area contributed by atoms with Crippen molar-refractivity contribution in [2.75, 3.05) is 13.2 Å². The van der Waals surface area contributed by atoms with Crippen LogP contribution in [0.1, 0.15) is 22.3 Å². The standard InChI is InChI=1S/C18H20O2/c19-13-11-17-8-4-7-16(18(17)12-14-20)10-9-15-5-2-1-3-6-15/h1-10,19-20H,11-14H2. The van der Waals surface area contributed by atoms with E-state index < -0.39 is 0 Å². The Morgan fingerprint density at radius 2 is 1.50 bits per heavy atom. The van der Waals surface area contributed by atoms with Gasteiger partial charge in [0.1, 0.15) is 0 Å². The molecule has 0 unspecified atom stereocenters. The van der Waals surface area contributed by atoms with E-state index in [1.165, 1.54) is 0 Å². The minimum Gasteiger partial charge on any atom is -0.396 e. The van der Waals surface area contributed by atoms with Crippen molar-refractivity contribution in [2.45, 2.75) is 12.8 Å². The van der Waals surface area contributed by atoms with Crippen LogP contribution in [-0.2, 0) is 12.8 Å². The van der Waals surface area contributed by atoms with Crippen molar-refractivity contribution in [3.8, 4) is 0 Å². The Morgan fingerprint density at radius 3 is 2.20 bits per heavy atom. The second kappa shape index (κ2) is 7.63. The van der Waals surface area contributed by atoms with E-state index in [1.807, 2.05) is 36.4 Å². The molecule has 2 nitrogen and oxygen atoms in total. The van der Waals surface area contributed by atoms with Crippen molar-refractivity contribution < 1.29 is 10.2 Å². The Bertz CT molecular complexity index is 559. The maximum atomic E-state index is 9.24. The van der Waals surface area contributed by atoms with E-state index in [9.17, 15) is 5.11 Å². The Hall–Kier alpha value is -1.90. The first kappa shape index (κ1) is 14.5. The second-order valence-electron chi connectivity index (χ2n) is 4.68. The van der Waals surface area contributed by atoms with Gasteiger partial charge < -0.3 is 10.2 Å². The molecule has 0 amide bonds. The number of rotatable bonds is 6. The molecule has 0 spiro atoms. The van der Waals surface area contributed by atoms with Gasteiger partial charge in [0.15, 0.2) is 0 Å². The van der Waals surface area contributed by atoms with Crippen LogP contribution < -0.4 is 0 Å². The second-order valence-corrected chi connectivity index (χ2v) is 4.68. The number of aliphatic hydroxyl groups excluding tert-OH is 2. The first-order chi connectivity index (χ1) is 9.85. The highest BCUT2D eigenvalue weighted by molar-refractivity contribution is 5.71. The van der Waals surface area contributed by atoms with Crippen LogP contribution in [0, 0.1) is 0 Å². The molecule has 104 valence electrons. The fourth-order valence-corrected chi connectivity index (χ4v) is 2.33. The Balaban J connectivity index is 2.30. The van der Waals surface area contributed by atoms with Crippen LogP contribution in [0.3, 0.4) is 0 Å². The van der Waals surface area contributed by atoms with Crippen molar-refractivity contribution >= 4 is 12.2 Å². The molecule has 0 radical (unpaired) electrons. The van der Waals surface area contributed by atoms with Crippen molar-refractivity contribution in [2.24, 2.45) is 0 Å². The van der Waals surface area contributed by atoms with E-state index in [0.717, 1.165) is 22.3 Å². The normalized spacial score (nSPS) is 11.1. The van der Waals surface area contributed by atoms with Gasteiger partial charge in [-0.2, -0.15) is 0 Å². The third kappa shape index (κ3) is 3.80. The first-order valence-corrected chi connectivity index (χ1v) is 6.90. The van der Waals surface area contributed by atoms with Gasteiger partial charge in [-0.1, -0.05) is 60.7 Å². The monoisotopic (exact) mass is 268 g/mol. The first-order valence-electron chi connectivity index (χ1n) is 6.90. The lowest BCUT2D eigenvalue weighted by atomic mass is 9.96. The SMILES string of the molecule is OCCc1cccc(C=Cc2ccccc2)c1CCO. The predicted molar refractivity (Wildman–Crippen MR) is 83.4 cm³/mol. The smallest absolute Gasteiger partial charge is 0.0471 e. The maximum Gasteiger partial charge on any atom is 0.0471 e. The van der Waals surface area contributed by atoms with Gasteiger partial charge in [-0.3, -0.25) is 0 Å². The molecule has 2 aromatic carbocycles. The molecule has 2 rings (SSSR count). The van der Waals surface area contributed by atoms with Gasteiger partial charge in [-0.25, -0.2) is 0 Å². The van der Waals surface area contributed by atoms with E-state index in [2.05, 4.69) is 24.3 Å². The summed E-state index contributed by atoms with van der Waals surface area (Å²) in [7, 11) is 0. The van der Waals surface area contributed by atoms with Crippen LogP contribution in [0.2, 0.25) is 0 Å². The van der Waals surface area contributed by atoms with Crippen LogP contribution >= 0.6 is 0 Å². The summed E-state index contributed by atoms with van der Waals surface area (Å²) in [6.07, 6.45) is 5.38. The summed E-state index contributed by atoms with van der Waals surface area (Å²) in [4.78, 5) is 0. The third-order valence-electron chi connectivity index (χ3n) is 3.31. The van der Waals surface area contributed by atoms with E-state index >= 15 is 0 Å². The minimum absolute atomic E-state index is 0.120. The van der Waals surface area contributed by atoms with Gasteiger partial charge >= 0.3 is 0 Å². The predicted octanol–water partition coefficient (Wildman–Crippen LogP) is 2.93. The maximum absolute atomic E-state index is 9.24. The lowest BCUT2D eigenvalue weighted by Gasteiger charge is -2.11. The minimum atomic E-state index is 0.120. The average Bonchev–Trinajstić information content (AvgIpc) is 2.49. The molecule has 2 heteroatoms. The molecule has 0 aliphatic heterocycles. The van der Waals surface area contributed by atoms with Crippen LogP contribution in [0.5, 0.6) is 0 Å². The fraction of sp³-hybridized carbons (Fsp3) is 0.222. The van der Waals surface area contributed by atoms with Crippen LogP contribution in [0.15, 0.2) is 48.5 Å². The molecule has 0 bridgehead atoms. The van der Waals surface area contributed by atoms with Crippen LogP contribution in [-0.4, -0.2) is 23.4 Å². The molecule has 0 atom stereocenters. The highest BCUT2D eigenvalue weighted by Gasteiger charge is 2.05. The highest BCUT2D eigenvalue weighted by atomic mass is 16.3. The molecule has 0 heterocycles. The Labute approximate surface area is 120 Å². The van der Waals surface area contributed by atoms with Gasteiger partial charge in [0.25, 0.3) is 0 Å². The van der Waals surface area contributed by atoms with Gasteiger partial charge in [-0.05, 0) is 35.1 Å². The quantitative estimate of drug-likeness (QED) is 0.791. The van der Waals surface area contributed by atoms with Gasteiger partial charge in [0.2, 0.25) is 0 Å². The number of hydrogen-bond donors (Lipinski definition) is 2. The van der Waals surface area contributed by atoms with Crippen molar-refractivity contribution in [3.63, 3.8) is 0 Å². The molecule has 0 fully saturated rings. The van der Waals surface area contributed by atoms with E-state index in [-0.39, 0.29) is 13.2 Å². The summed E-state index contributed by atoms with van der Waals surface area (Å²) in [5.74, 6) is 0.